The second-order valence-corrected chi connectivity index (χ2v) is 5.81. The molecule has 3 N–H and O–H groups in total. The smallest absolute Gasteiger partial charge is 0.205 e. The first-order valence-electron chi connectivity index (χ1n) is 5.72. The number of nitrogens with zero attached hydrogens (tertiary/aromatic N) is 2. The van der Waals surface area contributed by atoms with Gasteiger partial charge in [0.05, 0.1) is 22.3 Å². The fourth-order valence-corrected chi connectivity index (χ4v) is 2.97. The van der Waals surface area contributed by atoms with Crippen LogP contribution in [0.3, 0.4) is 0 Å². The van der Waals surface area contributed by atoms with Crippen molar-refractivity contribution in [3.05, 3.63) is 32.6 Å². The lowest BCUT2D eigenvalue weighted by molar-refractivity contribution is 0.338. The second kappa shape index (κ2) is 6.92. The molecule has 0 saturated heterocycles. The topological polar surface area (TPSA) is 72.5 Å². The zero-order chi connectivity index (χ0) is 14.5. The summed E-state index contributed by atoms with van der Waals surface area (Å²) in [6.07, 6.45) is 1.64. The van der Waals surface area contributed by atoms with Gasteiger partial charge in [-0.3, -0.25) is 5.43 Å². The van der Waals surface area contributed by atoms with Gasteiger partial charge in [-0.1, -0.05) is 11.6 Å². The fourth-order valence-electron chi connectivity index (χ4n) is 1.44. The molecule has 0 atom stereocenters. The van der Waals surface area contributed by atoms with E-state index in [1.165, 1.54) is 11.3 Å². The van der Waals surface area contributed by atoms with Gasteiger partial charge in [0, 0.05) is 5.38 Å². The van der Waals surface area contributed by atoms with E-state index in [-0.39, 0.29) is 0 Å². The van der Waals surface area contributed by atoms with Gasteiger partial charge in [-0.25, -0.2) is 4.98 Å². The number of anilines is 2. The second-order valence-electron chi connectivity index (χ2n) is 3.69. The van der Waals surface area contributed by atoms with Crippen LogP contribution < -0.4 is 15.9 Å². The molecular formula is C12H12BrClN4OS. The molecule has 5 nitrogen and oxygen atoms in total. The van der Waals surface area contributed by atoms with Gasteiger partial charge in [0.1, 0.15) is 5.82 Å². The lowest BCUT2D eigenvalue weighted by atomic mass is 10.2. The van der Waals surface area contributed by atoms with Crippen LogP contribution in [0.15, 0.2) is 27.1 Å². The Hall–Kier alpha value is -1.31. The summed E-state index contributed by atoms with van der Waals surface area (Å²) in [5.41, 5.74) is 9.15. The van der Waals surface area contributed by atoms with E-state index in [1.807, 2.05) is 13.0 Å². The van der Waals surface area contributed by atoms with E-state index in [4.69, 9.17) is 22.1 Å². The third kappa shape index (κ3) is 3.84. The molecule has 0 unspecified atom stereocenters. The molecule has 0 aliphatic rings. The normalized spacial score (nSPS) is 10.9. The summed E-state index contributed by atoms with van der Waals surface area (Å²) in [7, 11) is 0. The molecule has 0 aliphatic carbocycles. The van der Waals surface area contributed by atoms with Crippen LogP contribution in [0, 0.1) is 0 Å². The highest BCUT2D eigenvalue weighted by atomic mass is 79.9. The molecule has 2 aromatic rings. The minimum absolute atomic E-state index is 0.472. The molecule has 0 amide bonds. The first kappa shape index (κ1) is 15.1. The molecule has 1 heterocycles. The van der Waals surface area contributed by atoms with Gasteiger partial charge in [0.25, 0.3) is 0 Å². The summed E-state index contributed by atoms with van der Waals surface area (Å²) < 4.78 is 6.22. The Morgan fingerprint density at radius 1 is 1.60 bits per heavy atom. The Morgan fingerprint density at radius 3 is 3.00 bits per heavy atom. The van der Waals surface area contributed by atoms with Gasteiger partial charge in [0.15, 0.2) is 5.75 Å². The molecule has 0 bridgehead atoms. The number of ether oxygens (including phenoxy) is 1. The van der Waals surface area contributed by atoms with Crippen LogP contribution in [-0.2, 0) is 0 Å². The summed E-state index contributed by atoms with van der Waals surface area (Å²) in [6.45, 7) is 2.46. The van der Waals surface area contributed by atoms with E-state index in [1.54, 1.807) is 17.7 Å². The molecule has 0 radical (unpaired) electrons. The van der Waals surface area contributed by atoms with E-state index >= 15 is 0 Å². The third-order valence-corrected chi connectivity index (χ3v) is 3.84. The van der Waals surface area contributed by atoms with E-state index in [0.717, 1.165) is 10.0 Å². The van der Waals surface area contributed by atoms with Crippen LogP contribution in [-0.4, -0.2) is 17.8 Å². The summed E-state index contributed by atoms with van der Waals surface area (Å²) in [5, 5.41) is 6.98. The molecule has 1 aromatic heterocycles. The molecule has 0 saturated carbocycles. The van der Waals surface area contributed by atoms with Gasteiger partial charge in [-0.05, 0) is 40.5 Å². The number of nitrogen functional groups attached to an aromatic ring is 1. The molecule has 106 valence electrons. The summed E-state index contributed by atoms with van der Waals surface area (Å²) in [6, 6.07) is 3.65. The molecule has 2 rings (SSSR count). The van der Waals surface area contributed by atoms with Crippen LogP contribution in [0.1, 0.15) is 12.5 Å². The largest absolute Gasteiger partial charge is 0.491 e. The Bertz CT molecular complexity index is 609. The molecule has 0 aliphatic heterocycles. The van der Waals surface area contributed by atoms with Gasteiger partial charge < -0.3 is 10.5 Å². The molecule has 8 heteroatoms. The zero-order valence-corrected chi connectivity index (χ0v) is 13.7. The monoisotopic (exact) mass is 374 g/mol. The van der Waals surface area contributed by atoms with Crippen LogP contribution in [0.2, 0.25) is 5.02 Å². The van der Waals surface area contributed by atoms with Crippen molar-refractivity contribution in [2.75, 3.05) is 17.8 Å². The highest BCUT2D eigenvalue weighted by molar-refractivity contribution is 9.10. The molecule has 20 heavy (non-hydrogen) atoms. The number of aromatic nitrogens is 1. The van der Waals surface area contributed by atoms with Crippen molar-refractivity contribution in [2.24, 2.45) is 5.10 Å². The number of hydrogen-bond acceptors (Lipinski definition) is 6. The SMILES string of the molecule is CCOc1c(Cl)cc(C=NNc2nc(N)cs2)cc1Br. The number of rotatable bonds is 5. The van der Waals surface area contributed by atoms with Gasteiger partial charge in [-0.15, -0.1) is 11.3 Å². The van der Waals surface area contributed by atoms with E-state index in [9.17, 15) is 0 Å². The Labute approximate surface area is 133 Å². The number of halogens is 2. The van der Waals surface area contributed by atoms with Crippen molar-refractivity contribution < 1.29 is 4.74 Å². The minimum Gasteiger partial charge on any atom is -0.491 e. The van der Waals surface area contributed by atoms with Crippen LogP contribution in [0.4, 0.5) is 10.9 Å². The van der Waals surface area contributed by atoms with E-state index in [2.05, 4.69) is 31.4 Å². The van der Waals surface area contributed by atoms with Gasteiger partial charge in [-0.2, -0.15) is 5.10 Å². The summed E-state index contributed by atoms with van der Waals surface area (Å²) in [4.78, 5) is 4.03. The zero-order valence-electron chi connectivity index (χ0n) is 10.6. The number of benzene rings is 1. The maximum atomic E-state index is 6.15. The van der Waals surface area contributed by atoms with Crippen molar-refractivity contribution in [3.63, 3.8) is 0 Å². The molecule has 0 spiro atoms. The van der Waals surface area contributed by atoms with Gasteiger partial charge in [0.2, 0.25) is 5.13 Å². The average Bonchev–Trinajstić information content (AvgIpc) is 2.80. The lowest BCUT2D eigenvalue weighted by Gasteiger charge is -2.08. The van der Waals surface area contributed by atoms with Crippen LogP contribution in [0.5, 0.6) is 5.75 Å². The quantitative estimate of drug-likeness (QED) is 0.612. The van der Waals surface area contributed by atoms with Crippen molar-refractivity contribution in [2.45, 2.75) is 6.92 Å². The Morgan fingerprint density at radius 2 is 2.40 bits per heavy atom. The van der Waals surface area contributed by atoms with E-state index in [0.29, 0.717) is 28.3 Å². The highest BCUT2D eigenvalue weighted by Gasteiger charge is 2.08. The number of thiazole rings is 1. The van der Waals surface area contributed by atoms with Crippen molar-refractivity contribution in [1.82, 2.24) is 4.98 Å². The fraction of sp³-hybridized carbons (Fsp3) is 0.167. The number of nitrogens with one attached hydrogen (secondary N) is 1. The Kier molecular flexibility index (Phi) is 5.22. The number of nitrogens with two attached hydrogens (primary N) is 1. The average molecular weight is 376 g/mol. The standard InChI is InChI=1S/C12H12BrClN4OS/c1-2-19-11-8(13)3-7(4-9(11)14)5-16-18-12-17-10(15)6-20-12/h3-6H,2,15H2,1H3,(H,17,18). The summed E-state index contributed by atoms with van der Waals surface area (Å²) >= 11 is 11.0. The third-order valence-electron chi connectivity index (χ3n) is 2.21. The van der Waals surface area contributed by atoms with Crippen LogP contribution >= 0.6 is 38.9 Å². The predicted molar refractivity (Wildman–Crippen MR) is 88.1 cm³/mol. The predicted octanol–water partition coefficient (Wildman–Crippen LogP) is 3.99. The molecular weight excluding hydrogens is 364 g/mol. The van der Waals surface area contributed by atoms with Gasteiger partial charge >= 0.3 is 0 Å². The Balaban J connectivity index is 2.09. The first-order valence-corrected chi connectivity index (χ1v) is 7.77. The van der Waals surface area contributed by atoms with E-state index < -0.39 is 0 Å². The molecule has 1 aromatic carbocycles. The van der Waals surface area contributed by atoms with Crippen LogP contribution in [0.25, 0.3) is 0 Å². The summed E-state index contributed by atoms with van der Waals surface area (Å²) in [5.74, 6) is 1.10. The highest BCUT2D eigenvalue weighted by Crippen LogP contribution is 2.34. The first-order chi connectivity index (χ1) is 9.60. The molecule has 0 fully saturated rings. The lowest BCUT2D eigenvalue weighted by Crippen LogP contribution is -1.95. The number of hydrazone groups is 1. The van der Waals surface area contributed by atoms with Crippen molar-refractivity contribution in [3.8, 4) is 5.75 Å². The van der Waals surface area contributed by atoms with Crippen molar-refractivity contribution >= 4 is 56.0 Å². The maximum Gasteiger partial charge on any atom is 0.205 e. The van der Waals surface area contributed by atoms with Crippen molar-refractivity contribution in [1.29, 1.82) is 0 Å². The number of hydrogen-bond donors (Lipinski definition) is 2. The maximum absolute atomic E-state index is 6.15. The minimum atomic E-state index is 0.472.